The van der Waals surface area contributed by atoms with E-state index in [0.717, 1.165) is 18.4 Å². The minimum Gasteiger partial charge on any atom is -0.496 e. The van der Waals surface area contributed by atoms with Gasteiger partial charge in [0.25, 0.3) is 0 Å². The number of ketones is 1. The summed E-state index contributed by atoms with van der Waals surface area (Å²) in [6.07, 6.45) is 9.48. The second-order valence-electron chi connectivity index (χ2n) is 4.71. The lowest BCUT2D eigenvalue weighted by Crippen LogP contribution is -2.04. The molecular formula is C17H15NO3. The van der Waals surface area contributed by atoms with Crippen molar-refractivity contribution in [1.29, 1.82) is 0 Å². The van der Waals surface area contributed by atoms with Gasteiger partial charge in [0.05, 0.1) is 12.7 Å². The summed E-state index contributed by atoms with van der Waals surface area (Å²) in [5.41, 5.74) is 1.68. The lowest BCUT2D eigenvalue weighted by Gasteiger charge is -2.04. The number of benzene rings is 1. The molecule has 3 rings (SSSR count). The van der Waals surface area contributed by atoms with Crippen molar-refractivity contribution >= 4 is 11.4 Å². The van der Waals surface area contributed by atoms with E-state index in [4.69, 9.17) is 9.15 Å². The molecule has 4 nitrogen and oxygen atoms in total. The molecule has 106 valence electrons. The Hall–Kier alpha value is -2.62. The summed E-state index contributed by atoms with van der Waals surface area (Å²) in [6, 6.07) is 7.08. The van der Waals surface area contributed by atoms with Crippen molar-refractivity contribution in [3.05, 3.63) is 65.9 Å². The summed E-state index contributed by atoms with van der Waals surface area (Å²) in [4.78, 5) is 16.8. The lowest BCUT2D eigenvalue weighted by molar-refractivity contribution is 0.103. The predicted octanol–water partition coefficient (Wildman–Crippen LogP) is 3.65. The van der Waals surface area contributed by atoms with Crippen LogP contribution in [0.2, 0.25) is 0 Å². The zero-order valence-electron chi connectivity index (χ0n) is 11.7. The SMILES string of the molecule is COc1ccccc1C(=O)c1coc(C2=CCCC=C2)n1. The Morgan fingerprint density at radius 1 is 1.29 bits per heavy atom. The van der Waals surface area contributed by atoms with Crippen LogP contribution in [0.25, 0.3) is 5.57 Å². The Morgan fingerprint density at radius 3 is 2.90 bits per heavy atom. The molecule has 0 amide bonds. The van der Waals surface area contributed by atoms with Crippen LogP contribution < -0.4 is 4.74 Å². The fraction of sp³-hybridized carbons (Fsp3) is 0.176. The molecule has 0 saturated heterocycles. The van der Waals surface area contributed by atoms with Crippen LogP contribution in [0.3, 0.4) is 0 Å². The highest BCUT2D eigenvalue weighted by molar-refractivity contribution is 6.09. The topological polar surface area (TPSA) is 52.3 Å². The van der Waals surface area contributed by atoms with E-state index >= 15 is 0 Å². The van der Waals surface area contributed by atoms with Crippen LogP contribution >= 0.6 is 0 Å². The second kappa shape index (κ2) is 5.79. The minimum absolute atomic E-state index is 0.206. The predicted molar refractivity (Wildman–Crippen MR) is 79.3 cm³/mol. The van der Waals surface area contributed by atoms with E-state index < -0.39 is 0 Å². The zero-order valence-corrected chi connectivity index (χ0v) is 11.7. The maximum Gasteiger partial charge on any atom is 0.226 e. The third-order valence-corrected chi connectivity index (χ3v) is 3.33. The first-order chi connectivity index (χ1) is 10.3. The van der Waals surface area contributed by atoms with Crippen molar-refractivity contribution in [2.45, 2.75) is 12.8 Å². The number of rotatable bonds is 4. The molecule has 1 aromatic carbocycles. The molecule has 0 N–H and O–H groups in total. The first-order valence-electron chi connectivity index (χ1n) is 6.80. The van der Waals surface area contributed by atoms with Gasteiger partial charge in [0.1, 0.15) is 12.0 Å². The molecule has 0 radical (unpaired) electrons. The van der Waals surface area contributed by atoms with Gasteiger partial charge in [-0.25, -0.2) is 4.98 Å². The largest absolute Gasteiger partial charge is 0.496 e. The molecule has 2 aromatic rings. The molecule has 21 heavy (non-hydrogen) atoms. The fourth-order valence-corrected chi connectivity index (χ4v) is 2.25. The van der Waals surface area contributed by atoms with Crippen LogP contribution in [0.4, 0.5) is 0 Å². The molecule has 0 bridgehead atoms. The molecule has 0 atom stereocenters. The van der Waals surface area contributed by atoms with Crippen LogP contribution in [0.15, 0.2) is 53.2 Å². The van der Waals surface area contributed by atoms with Gasteiger partial charge in [-0.15, -0.1) is 0 Å². The average Bonchev–Trinajstić information content (AvgIpc) is 3.05. The van der Waals surface area contributed by atoms with E-state index in [1.807, 2.05) is 12.1 Å². The highest BCUT2D eigenvalue weighted by Gasteiger charge is 2.19. The number of carbonyl (C=O) groups is 1. The van der Waals surface area contributed by atoms with E-state index in [2.05, 4.69) is 17.1 Å². The highest BCUT2D eigenvalue weighted by Crippen LogP contribution is 2.24. The van der Waals surface area contributed by atoms with E-state index in [1.165, 1.54) is 13.4 Å². The van der Waals surface area contributed by atoms with Crippen molar-refractivity contribution in [3.63, 3.8) is 0 Å². The van der Waals surface area contributed by atoms with Gasteiger partial charge in [0.2, 0.25) is 11.7 Å². The maximum atomic E-state index is 12.5. The van der Waals surface area contributed by atoms with E-state index in [1.54, 1.807) is 18.2 Å². The molecule has 4 heteroatoms. The molecule has 0 spiro atoms. The molecule has 0 saturated carbocycles. The number of methoxy groups -OCH3 is 1. The molecule has 1 aromatic heterocycles. The monoisotopic (exact) mass is 281 g/mol. The fourth-order valence-electron chi connectivity index (χ4n) is 2.25. The zero-order chi connectivity index (χ0) is 14.7. The van der Waals surface area contributed by atoms with E-state index in [0.29, 0.717) is 17.2 Å². The number of hydrogen-bond donors (Lipinski definition) is 0. The van der Waals surface area contributed by atoms with Gasteiger partial charge in [-0.2, -0.15) is 0 Å². The Kier molecular flexibility index (Phi) is 3.69. The summed E-state index contributed by atoms with van der Waals surface area (Å²) >= 11 is 0. The molecule has 0 unspecified atom stereocenters. The highest BCUT2D eigenvalue weighted by atomic mass is 16.5. The van der Waals surface area contributed by atoms with Gasteiger partial charge in [-0.05, 0) is 25.0 Å². The van der Waals surface area contributed by atoms with Crippen LogP contribution in [0, 0.1) is 0 Å². The molecule has 1 aliphatic carbocycles. The van der Waals surface area contributed by atoms with Gasteiger partial charge in [-0.1, -0.05) is 30.4 Å². The van der Waals surface area contributed by atoms with Crippen molar-refractivity contribution in [1.82, 2.24) is 4.98 Å². The number of hydrogen-bond acceptors (Lipinski definition) is 4. The van der Waals surface area contributed by atoms with Gasteiger partial charge in [-0.3, -0.25) is 4.79 Å². The first kappa shape index (κ1) is 13.4. The maximum absolute atomic E-state index is 12.5. The van der Waals surface area contributed by atoms with Gasteiger partial charge in [0.15, 0.2) is 5.69 Å². The summed E-state index contributed by atoms with van der Waals surface area (Å²) in [6.45, 7) is 0. The Labute approximate surface area is 122 Å². The summed E-state index contributed by atoms with van der Waals surface area (Å²) in [5.74, 6) is 0.802. The average molecular weight is 281 g/mol. The molecule has 1 aliphatic rings. The Morgan fingerprint density at radius 2 is 2.14 bits per heavy atom. The van der Waals surface area contributed by atoms with Crippen molar-refractivity contribution in [2.24, 2.45) is 0 Å². The molecule has 0 fully saturated rings. The second-order valence-corrected chi connectivity index (χ2v) is 4.71. The Bertz CT molecular complexity index is 725. The first-order valence-corrected chi connectivity index (χ1v) is 6.80. The molecular weight excluding hydrogens is 266 g/mol. The van der Waals surface area contributed by atoms with Crippen LogP contribution in [0.1, 0.15) is 34.8 Å². The minimum atomic E-state index is -0.206. The summed E-state index contributed by atoms with van der Waals surface area (Å²) < 4.78 is 10.6. The molecule has 0 aliphatic heterocycles. The Balaban J connectivity index is 1.91. The standard InChI is InChI=1S/C17H15NO3/c1-20-15-10-6-5-9-13(15)16(19)14-11-21-17(18-14)12-7-3-2-4-8-12/h3,5-11H,2,4H2,1H3. The third kappa shape index (κ3) is 2.65. The number of carbonyl (C=O) groups excluding carboxylic acids is 1. The third-order valence-electron chi connectivity index (χ3n) is 3.33. The van der Waals surface area contributed by atoms with Crippen molar-refractivity contribution in [2.75, 3.05) is 7.11 Å². The van der Waals surface area contributed by atoms with E-state index in [-0.39, 0.29) is 11.5 Å². The number of ether oxygens (including phenoxy) is 1. The molecule has 1 heterocycles. The van der Waals surface area contributed by atoms with Gasteiger partial charge >= 0.3 is 0 Å². The number of aromatic nitrogens is 1. The summed E-state index contributed by atoms with van der Waals surface area (Å²) in [7, 11) is 1.54. The lowest BCUT2D eigenvalue weighted by atomic mass is 10.1. The van der Waals surface area contributed by atoms with Gasteiger partial charge < -0.3 is 9.15 Å². The number of oxazole rings is 1. The van der Waals surface area contributed by atoms with Crippen molar-refractivity contribution in [3.8, 4) is 5.75 Å². The normalized spacial score (nSPS) is 13.9. The van der Waals surface area contributed by atoms with Crippen molar-refractivity contribution < 1.29 is 13.9 Å². The number of nitrogens with zero attached hydrogens (tertiary/aromatic N) is 1. The van der Waals surface area contributed by atoms with Crippen LogP contribution in [-0.2, 0) is 0 Å². The van der Waals surface area contributed by atoms with E-state index in [9.17, 15) is 4.79 Å². The number of allylic oxidation sites excluding steroid dienone is 4. The van der Waals surface area contributed by atoms with Crippen LogP contribution in [-0.4, -0.2) is 17.9 Å². The smallest absolute Gasteiger partial charge is 0.226 e. The van der Waals surface area contributed by atoms with Gasteiger partial charge in [0, 0.05) is 5.57 Å². The quantitative estimate of drug-likeness (QED) is 0.803. The number of para-hydroxylation sites is 1. The van der Waals surface area contributed by atoms with Crippen LogP contribution in [0.5, 0.6) is 5.75 Å². The summed E-state index contributed by atoms with van der Waals surface area (Å²) in [5, 5.41) is 0.